The van der Waals surface area contributed by atoms with Crippen molar-refractivity contribution in [2.24, 2.45) is 0 Å². The maximum atomic E-state index is 10.6. The maximum Gasteiger partial charge on any atom is 0.323 e. The van der Waals surface area contributed by atoms with E-state index in [0.717, 1.165) is 6.26 Å². The van der Waals surface area contributed by atoms with Crippen LogP contribution in [0, 0.1) is 0 Å². The van der Waals surface area contributed by atoms with Crippen LogP contribution in [-0.2, 0) is 19.4 Å². The van der Waals surface area contributed by atoms with E-state index in [-0.39, 0.29) is 6.61 Å². The van der Waals surface area contributed by atoms with Gasteiger partial charge < -0.3 is 9.84 Å². The molecule has 0 aliphatic heterocycles. The second-order valence-corrected chi connectivity index (χ2v) is 3.93. The zero-order chi connectivity index (χ0) is 9.78. The smallest absolute Gasteiger partial charge is 0.323 e. The Kier molecular flexibility index (Phi) is 3.75. The van der Waals surface area contributed by atoms with Crippen LogP contribution in [0.15, 0.2) is 11.2 Å². The maximum absolute atomic E-state index is 10.6. The number of rotatable bonds is 3. The van der Waals surface area contributed by atoms with Crippen molar-refractivity contribution in [3.63, 3.8) is 0 Å². The lowest BCUT2D eigenvalue weighted by atomic mass is 10.6. The SMILES string of the molecule is CCOC(=O)/C([O-])=C\S(C)(=O)=O. The summed E-state index contributed by atoms with van der Waals surface area (Å²) in [6.45, 7) is 1.56. The van der Waals surface area contributed by atoms with E-state index < -0.39 is 21.6 Å². The summed E-state index contributed by atoms with van der Waals surface area (Å²) in [4.78, 5) is 10.6. The van der Waals surface area contributed by atoms with E-state index in [0.29, 0.717) is 5.41 Å². The number of esters is 1. The minimum Gasteiger partial charge on any atom is -0.867 e. The Bertz CT molecular complexity index is 287. The topological polar surface area (TPSA) is 83.5 Å². The monoisotopic (exact) mass is 193 g/mol. The van der Waals surface area contributed by atoms with Gasteiger partial charge in [-0.15, -0.1) is 0 Å². The van der Waals surface area contributed by atoms with Crippen LogP contribution in [0.2, 0.25) is 0 Å². The number of hydrogen-bond donors (Lipinski definition) is 0. The summed E-state index contributed by atoms with van der Waals surface area (Å²) in [7, 11) is -3.56. The van der Waals surface area contributed by atoms with Crippen LogP contribution in [0.25, 0.3) is 0 Å². The van der Waals surface area contributed by atoms with E-state index in [1.165, 1.54) is 6.92 Å². The van der Waals surface area contributed by atoms with Gasteiger partial charge in [-0.25, -0.2) is 13.2 Å². The Morgan fingerprint density at radius 3 is 2.42 bits per heavy atom. The molecule has 0 radical (unpaired) electrons. The van der Waals surface area contributed by atoms with E-state index in [4.69, 9.17) is 0 Å². The van der Waals surface area contributed by atoms with Crippen LogP contribution in [-0.4, -0.2) is 27.2 Å². The first kappa shape index (κ1) is 11.0. The van der Waals surface area contributed by atoms with Crippen LogP contribution in [0.3, 0.4) is 0 Å². The molecule has 0 fully saturated rings. The van der Waals surface area contributed by atoms with Gasteiger partial charge in [-0.1, -0.05) is 0 Å². The summed E-state index contributed by atoms with van der Waals surface area (Å²) < 4.78 is 25.2. The van der Waals surface area contributed by atoms with Crippen molar-refractivity contribution < 1.29 is 23.1 Å². The molecule has 0 spiro atoms. The molecule has 0 aliphatic carbocycles. The minimum absolute atomic E-state index is 0.0438. The molecule has 0 heterocycles. The van der Waals surface area contributed by atoms with E-state index in [2.05, 4.69) is 4.74 Å². The molecule has 0 atom stereocenters. The Balaban J connectivity index is 4.50. The lowest BCUT2D eigenvalue weighted by Gasteiger charge is -2.08. The average Bonchev–Trinajstić information content (AvgIpc) is 1.84. The second-order valence-electron chi connectivity index (χ2n) is 2.03. The average molecular weight is 193 g/mol. The summed E-state index contributed by atoms with van der Waals surface area (Å²) in [6.07, 6.45) is 0.824. The lowest BCUT2D eigenvalue weighted by molar-refractivity contribution is -0.303. The van der Waals surface area contributed by atoms with Gasteiger partial charge in [0.15, 0.2) is 9.84 Å². The van der Waals surface area contributed by atoms with E-state index >= 15 is 0 Å². The molecule has 0 N–H and O–H groups in total. The van der Waals surface area contributed by atoms with Crippen molar-refractivity contribution in [3.05, 3.63) is 11.2 Å². The highest BCUT2D eigenvalue weighted by Crippen LogP contribution is 1.93. The number of carbonyl (C=O) groups excluding carboxylic acids is 1. The molecule has 5 nitrogen and oxygen atoms in total. The Hall–Kier alpha value is -1.04. The van der Waals surface area contributed by atoms with Crippen LogP contribution in [0.1, 0.15) is 6.92 Å². The molecule has 0 saturated carbocycles. The van der Waals surface area contributed by atoms with Gasteiger partial charge in [0.05, 0.1) is 6.61 Å². The van der Waals surface area contributed by atoms with E-state index in [9.17, 15) is 18.3 Å². The molecule has 0 rings (SSSR count). The largest absolute Gasteiger partial charge is 0.867 e. The Morgan fingerprint density at radius 1 is 1.58 bits per heavy atom. The molecule has 0 saturated heterocycles. The zero-order valence-corrected chi connectivity index (χ0v) is 7.55. The summed E-state index contributed by atoms with van der Waals surface area (Å²) in [6, 6.07) is 0. The fraction of sp³-hybridized carbons (Fsp3) is 0.500. The van der Waals surface area contributed by atoms with Crippen LogP contribution < -0.4 is 5.11 Å². The quantitative estimate of drug-likeness (QED) is 0.319. The molecule has 0 aliphatic rings. The molecule has 0 amide bonds. The third-order valence-electron chi connectivity index (χ3n) is 0.798. The predicted octanol–water partition coefficient (Wildman–Crippen LogP) is -1.20. The minimum atomic E-state index is -3.56. The van der Waals surface area contributed by atoms with Gasteiger partial charge in [0.1, 0.15) is 0 Å². The molecule has 0 unspecified atom stereocenters. The number of carbonyl (C=O) groups is 1. The third kappa shape index (κ3) is 4.73. The summed E-state index contributed by atoms with van der Waals surface area (Å²) in [5.74, 6) is -2.30. The summed E-state index contributed by atoms with van der Waals surface area (Å²) in [5.41, 5.74) is 0. The van der Waals surface area contributed by atoms with E-state index in [1.807, 2.05) is 0 Å². The van der Waals surface area contributed by atoms with Crippen LogP contribution in [0.5, 0.6) is 0 Å². The second kappa shape index (κ2) is 4.10. The normalized spacial score (nSPS) is 12.7. The molecular weight excluding hydrogens is 184 g/mol. The van der Waals surface area contributed by atoms with Gasteiger partial charge in [-0.2, -0.15) is 0 Å². The van der Waals surface area contributed by atoms with E-state index in [1.54, 1.807) is 0 Å². The number of ether oxygens (including phenoxy) is 1. The van der Waals surface area contributed by atoms with Crippen molar-refractivity contribution in [1.29, 1.82) is 0 Å². The Morgan fingerprint density at radius 2 is 2.08 bits per heavy atom. The first-order valence-corrected chi connectivity index (χ1v) is 5.08. The van der Waals surface area contributed by atoms with Crippen molar-refractivity contribution in [2.45, 2.75) is 6.92 Å². The number of sulfone groups is 1. The van der Waals surface area contributed by atoms with Gasteiger partial charge in [-0.05, 0) is 12.7 Å². The lowest BCUT2D eigenvalue weighted by Crippen LogP contribution is -2.19. The van der Waals surface area contributed by atoms with Crippen LogP contribution >= 0.6 is 0 Å². The number of hydrogen-bond acceptors (Lipinski definition) is 5. The third-order valence-corrected chi connectivity index (χ3v) is 1.44. The summed E-state index contributed by atoms with van der Waals surface area (Å²) >= 11 is 0. The van der Waals surface area contributed by atoms with Crippen LogP contribution in [0.4, 0.5) is 0 Å². The standard InChI is InChI=1S/C6H10O5S/c1-3-11-6(8)5(7)4-12(2,9)10/h4,7H,3H2,1-2H3/p-1/b5-4+. The van der Waals surface area contributed by atoms with Crippen molar-refractivity contribution in [1.82, 2.24) is 0 Å². The van der Waals surface area contributed by atoms with Gasteiger partial charge in [0, 0.05) is 11.7 Å². The molecule has 0 aromatic carbocycles. The molecule has 0 aromatic heterocycles. The molecule has 12 heavy (non-hydrogen) atoms. The highest BCUT2D eigenvalue weighted by molar-refractivity contribution is 7.93. The highest BCUT2D eigenvalue weighted by atomic mass is 32.2. The van der Waals surface area contributed by atoms with Gasteiger partial charge in [0.2, 0.25) is 0 Å². The van der Waals surface area contributed by atoms with Crippen molar-refractivity contribution in [2.75, 3.05) is 12.9 Å². The van der Waals surface area contributed by atoms with Gasteiger partial charge in [0.25, 0.3) is 0 Å². The molecule has 0 bridgehead atoms. The highest BCUT2D eigenvalue weighted by Gasteiger charge is 2.02. The molecule has 70 valence electrons. The molecular formula is C6H9O5S-. The molecule has 0 aromatic rings. The van der Waals surface area contributed by atoms with Crippen molar-refractivity contribution in [3.8, 4) is 0 Å². The first-order chi connectivity index (χ1) is 5.37. The fourth-order valence-corrected chi connectivity index (χ4v) is 0.930. The Labute approximate surface area is 70.6 Å². The molecule has 6 heteroatoms. The summed E-state index contributed by atoms with van der Waals surface area (Å²) in [5, 5.41) is 11.0. The first-order valence-electron chi connectivity index (χ1n) is 3.12. The predicted molar refractivity (Wildman–Crippen MR) is 39.6 cm³/mol. The van der Waals surface area contributed by atoms with Gasteiger partial charge in [-0.3, -0.25) is 0 Å². The van der Waals surface area contributed by atoms with Crippen molar-refractivity contribution >= 4 is 15.8 Å². The zero-order valence-electron chi connectivity index (χ0n) is 6.73. The van der Waals surface area contributed by atoms with Gasteiger partial charge >= 0.3 is 5.97 Å². The fourth-order valence-electron chi connectivity index (χ4n) is 0.445.